The molecule has 0 saturated carbocycles. The van der Waals surface area contributed by atoms with Crippen molar-refractivity contribution in [3.8, 4) is 11.5 Å². The van der Waals surface area contributed by atoms with Crippen LogP contribution >= 0.6 is 0 Å². The van der Waals surface area contributed by atoms with Crippen molar-refractivity contribution in [2.24, 2.45) is 11.8 Å². The van der Waals surface area contributed by atoms with Crippen LogP contribution in [0.1, 0.15) is 0 Å². The molecule has 1 aromatic heterocycles. The normalized spacial score (nSPS) is 21.6. The molecule has 1 aliphatic heterocycles. The van der Waals surface area contributed by atoms with E-state index in [4.69, 9.17) is 9.63 Å². The van der Waals surface area contributed by atoms with Gasteiger partial charge < -0.3 is 14.5 Å². The molecule has 0 unspecified atom stereocenters. The van der Waals surface area contributed by atoms with Gasteiger partial charge in [0.25, 0.3) is 11.8 Å². The van der Waals surface area contributed by atoms with Gasteiger partial charge >= 0.3 is 12.1 Å². The van der Waals surface area contributed by atoms with Crippen LogP contribution in [0.4, 0.5) is 19.1 Å². The second-order valence-corrected chi connectivity index (χ2v) is 5.26. The fraction of sp³-hybridized carbons (Fsp3) is 0.357. The molecule has 122 valence electrons. The topological polar surface area (TPSA) is 79.5 Å². The minimum atomic E-state index is -4.59. The van der Waals surface area contributed by atoms with E-state index in [2.05, 4.69) is 10.1 Å². The standard InChI is InChI=1S/C14H12F3N3O3/c15-14(16,17)10-7-20(6-9(10)12(21)22)13-18-11(23-19-13)8-4-2-1-3-5-8/h1-5,9-10H,6-7H2,(H,21,22)/t9-,10-/m1/s1. The molecule has 1 saturated heterocycles. The van der Waals surface area contributed by atoms with Gasteiger partial charge in [0, 0.05) is 18.7 Å². The number of alkyl halides is 3. The van der Waals surface area contributed by atoms with E-state index in [0.29, 0.717) is 5.56 Å². The maximum Gasteiger partial charge on any atom is 0.394 e. The Morgan fingerprint density at radius 2 is 1.96 bits per heavy atom. The number of rotatable bonds is 3. The molecule has 23 heavy (non-hydrogen) atoms. The SMILES string of the molecule is O=C(O)[C@@H]1CN(c2noc(-c3ccccc3)n2)C[C@H]1C(F)(F)F. The number of halogens is 3. The Morgan fingerprint density at radius 3 is 2.52 bits per heavy atom. The number of carbonyl (C=O) groups is 1. The van der Waals surface area contributed by atoms with Crippen LogP contribution in [0.2, 0.25) is 0 Å². The Hall–Kier alpha value is -2.58. The zero-order chi connectivity index (χ0) is 16.6. The summed E-state index contributed by atoms with van der Waals surface area (Å²) in [6, 6.07) is 8.76. The molecule has 2 atom stereocenters. The summed E-state index contributed by atoms with van der Waals surface area (Å²) in [6.07, 6.45) is -4.59. The molecular weight excluding hydrogens is 315 g/mol. The number of hydrogen-bond donors (Lipinski definition) is 1. The van der Waals surface area contributed by atoms with Crippen molar-refractivity contribution < 1.29 is 27.6 Å². The van der Waals surface area contributed by atoms with E-state index in [1.54, 1.807) is 30.3 Å². The number of carboxylic acids is 1. The number of benzene rings is 1. The molecule has 3 rings (SSSR count). The molecule has 0 bridgehead atoms. The Balaban J connectivity index is 1.83. The first-order valence-electron chi connectivity index (χ1n) is 6.80. The predicted molar refractivity (Wildman–Crippen MR) is 72.6 cm³/mol. The largest absolute Gasteiger partial charge is 0.481 e. The summed E-state index contributed by atoms with van der Waals surface area (Å²) in [5.41, 5.74) is 0.632. The van der Waals surface area contributed by atoms with Crippen molar-refractivity contribution in [3.63, 3.8) is 0 Å². The summed E-state index contributed by atoms with van der Waals surface area (Å²) in [4.78, 5) is 16.3. The van der Waals surface area contributed by atoms with E-state index in [0.717, 1.165) is 0 Å². The highest BCUT2D eigenvalue weighted by Gasteiger charge is 2.53. The number of carboxylic acid groups (broad SMARTS) is 1. The summed E-state index contributed by atoms with van der Waals surface area (Å²) >= 11 is 0. The Kier molecular flexibility index (Phi) is 3.70. The van der Waals surface area contributed by atoms with E-state index in [1.165, 1.54) is 4.90 Å². The van der Waals surface area contributed by atoms with Gasteiger partial charge in [0.15, 0.2) is 0 Å². The average Bonchev–Trinajstić information content (AvgIpc) is 3.14. The monoisotopic (exact) mass is 327 g/mol. The quantitative estimate of drug-likeness (QED) is 0.933. The zero-order valence-corrected chi connectivity index (χ0v) is 11.7. The summed E-state index contributed by atoms with van der Waals surface area (Å²) in [7, 11) is 0. The fourth-order valence-corrected chi connectivity index (χ4v) is 2.59. The number of aliphatic carboxylic acids is 1. The minimum absolute atomic E-state index is 0.0400. The molecule has 9 heteroatoms. The van der Waals surface area contributed by atoms with Gasteiger partial charge in [-0.3, -0.25) is 4.79 Å². The van der Waals surface area contributed by atoms with Crippen LogP contribution in [0.5, 0.6) is 0 Å². The molecule has 0 amide bonds. The molecule has 1 N–H and O–H groups in total. The van der Waals surface area contributed by atoms with Crippen molar-refractivity contribution in [1.29, 1.82) is 0 Å². The molecule has 0 aliphatic carbocycles. The Bertz CT molecular complexity index is 702. The highest BCUT2D eigenvalue weighted by molar-refractivity contribution is 5.72. The Morgan fingerprint density at radius 1 is 1.26 bits per heavy atom. The maximum atomic E-state index is 13.0. The van der Waals surface area contributed by atoms with Crippen molar-refractivity contribution in [2.45, 2.75) is 6.18 Å². The number of nitrogens with zero attached hydrogens (tertiary/aromatic N) is 3. The summed E-state index contributed by atoms with van der Waals surface area (Å²) < 4.78 is 44.0. The van der Waals surface area contributed by atoms with Crippen molar-refractivity contribution in [2.75, 3.05) is 18.0 Å². The van der Waals surface area contributed by atoms with Crippen molar-refractivity contribution in [1.82, 2.24) is 10.1 Å². The highest BCUT2D eigenvalue weighted by Crippen LogP contribution is 2.39. The third-order valence-corrected chi connectivity index (χ3v) is 3.78. The number of anilines is 1. The van der Waals surface area contributed by atoms with E-state index >= 15 is 0 Å². The maximum absolute atomic E-state index is 13.0. The van der Waals surface area contributed by atoms with Crippen LogP contribution in [-0.2, 0) is 4.79 Å². The van der Waals surface area contributed by atoms with E-state index in [9.17, 15) is 18.0 Å². The molecule has 6 nitrogen and oxygen atoms in total. The average molecular weight is 327 g/mol. The number of aromatic nitrogens is 2. The van der Waals surface area contributed by atoms with Gasteiger partial charge in [-0.05, 0) is 17.3 Å². The molecule has 1 fully saturated rings. The Labute approximate surface area is 128 Å². The van der Waals surface area contributed by atoms with Gasteiger partial charge in [0.2, 0.25) is 0 Å². The smallest absolute Gasteiger partial charge is 0.394 e. The van der Waals surface area contributed by atoms with Gasteiger partial charge in [0.05, 0.1) is 11.8 Å². The molecule has 0 spiro atoms. The van der Waals surface area contributed by atoms with E-state index in [-0.39, 0.29) is 18.4 Å². The van der Waals surface area contributed by atoms with E-state index < -0.39 is 30.5 Å². The highest BCUT2D eigenvalue weighted by atomic mass is 19.4. The second kappa shape index (κ2) is 5.56. The predicted octanol–water partition coefficient (Wildman–Crippen LogP) is 2.44. The minimum Gasteiger partial charge on any atom is -0.481 e. The molecule has 1 aliphatic rings. The lowest BCUT2D eigenvalue weighted by atomic mass is 9.96. The van der Waals surface area contributed by atoms with Crippen LogP contribution in [-0.4, -0.2) is 40.5 Å². The number of hydrogen-bond acceptors (Lipinski definition) is 5. The van der Waals surface area contributed by atoms with Gasteiger partial charge in [-0.15, -0.1) is 0 Å². The third kappa shape index (κ3) is 2.99. The summed E-state index contributed by atoms with van der Waals surface area (Å²) in [5.74, 6) is -4.86. The zero-order valence-electron chi connectivity index (χ0n) is 11.7. The summed E-state index contributed by atoms with van der Waals surface area (Å²) in [5, 5.41) is 12.7. The van der Waals surface area contributed by atoms with Gasteiger partial charge in [-0.1, -0.05) is 18.2 Å². The van der Waals surface area contributed by atoms with Gasteiger partial charge in [-0.25, -0.2) is 0 Å². The third-order valence-electron chi connectivity index (χ3n) is 3.78. The fourth-order valence-electron chi connectivity index (χ4n) is 2.59. The van der Waals surface area contributed by atoms with Gasteiger partial charge in [-0.2, -0.15) is 18.2 Å². The van der Waals surface area contributed by atoms with Crippen LogP contribution in [0.3, 0.4) is 0 Å². The molecule has 2 heterocycles. The molecular formula is C14H12F3N3O3. The van der Waals surface area contributed by atoms with Crippen LogP contribution in [0.15, 0.2) is 34.9 Å². The van der Waals surface area contributed by atoms with Crippen LogP contribution in [0.25, 0.3) is 11.5 Å². The first-order valence-corrected chi connectivity index (χ1v) is 6.80. The van der Waals surface area contributed by atoms with E-state index in [1.807, 2.05) is 0 Å². The molecule has 2 aromatic rings. The lowest BCUT2D eigenvalue weighted by Gasteiger charge is -2.17. The second-order valence-electron chi connectivity index (χ2n) is 5.26. The van der Waals surface area contributed by atoms with Crippen LogP contribution < -0.4 is 4.90 Å². The van der Waals surface area contributed by atoms with Crippen molar-refractivity contribution >= 4 is 11.9 Å². The summed E-state index contributed by atoms with van der Waals surface area (Å²) in [6.45, 7) is -0.818. The lowest BCUT2D eigenvalue weighted by molar-refractivity contribution is -0.187. The van der Waals surface area contributed by atoms with Crippen LogP contribution in [0, 0.1) is 11.8 Å². The van der Waals surface area contributed by atoms with Crippen molar-refractivity contribution in [3.05, 3.63) is 30.3 Å². The lowest BCUT2D eigenvalue weighted by Crippen LogP contribution is -2.33. The molecule has 1 aromatic carbocycles. The first-order chi connectivity index (χ1) is 10.9. The molecule has 0 radical (unpaired) electrons. The van der Waals surface area contributed by atoms with Gasteiger partial charge in [0.1, 0.15) is 0 Å². The first kappa shape index (κ1) is 15.3.